The highest BCUT2D eigenvalue weighted by Gasteiger charge is 2.45. The number of nitrogens with zero attached hydrogens (tertiary/aromatic N) is 1. The van der Waals surface area contributed by atoms with Crippen LogP contribution in [0.15, 0.2) is 43.0 Å². The first-order valence-electron chi connectivity index (χ1n) is 8.41. The number of rotatable bonds is 4. The lowest BCUT2D eigenvalue weighted by molar-refractivity contribution is -0.100. The molecule has 24 heavy (non-hydrogen) atoms. The van der Waals surface area contributed by atoms with Gasteiger partial charge in [-0.05, 0) is 30.4 Å². The topological polar surface area (TPSA) is 38.8 Å². The minimum absolute atomic E-state index is 0.0166. The van der Waals surface area contributed by atoms with Crippen LogP contribution in [0.1, 0.15) is 22.5 Å². The molecule has 1 saturated carbocycles. The van der Waals surface area contributed by atoms with Gasteiger partial charge in [0.2, 0.25) is 0 Å². The molecular weight excluding hydrogens is 322 g/mol. The van der Waals surface area contributed by atoms with Crippen molar-refractivity contribution in [3.63, 3.8) is 0 Å². The molecular formula is C19H21NO3S. The highest BCUT2D eigenvalue weighted by Crippen LogP contribution is 2.34. The van der Waals surface area contributed by atoms with Gasteiger partial charge in [-0.15, -0.1) is 17.9 Å². The SMILES string of the molecule is C=CCO[C@H]1CC[C@H]2[C@@H]1OCCN2C(=O)c1cc2ccccc2s1. The number of ether oxygens (including phenoxy) is 2. The van der Waals surface area contributed by atoms with Crippen molar-refractivity contribution in [2.24, 2.45) is 0 Å². The van der Waals surface area contributed by atoms with Crippen molar-refractivity contribution in [3.8, 4) is 0 Å². The Morgan fingerprint density at radius 3 is 3.12 bits per heavy atom. The van der Waals surface area contributed by atoms with Crippen molar-refractivity contribution >= 4 is 27.3 Å². The predicted octanol–water partition coefficient (Wildman–Crippen LogP) is 3.48. The molecule has 1 amide bonds. The lowest BCUT2D eigenvalue weighted by Gasteiger charge is -2.38. The molecule has 1 aliphatic carbocycles. The van der Waals surface area contributed by atoms with E-state index >= 15 is 0 Å². The van der Waals surface area contributed by atoms with Crippen molar-refractivity contribution in [1.82, 2.24) is 4.90 Å². The van der Waals surface area contributed by atoms with E-state index < -0.39 is 0 Å². The Bertz CT molecular complexity index is 723. The van der Waals surface area contributed by atoms with E-state index in [-0.39, 0.29) is 24.2 Å². The van der Waals surface area contributed by atoms with Gasteiger partial charge >= 0.3 is 0 Å². The third-order valence-corrected chi connectivity index (χ3v) is 5.96. The Morgan fingerprint density at radius 2 is 2.29 bits per heavy atom. The van der Waals surface area contributed by atoms with Gasteiger partial charge in [-0.2, -0.15) is 0 Å². The second-order valence-corrected chi connectivity index (χ2v) is 7.37. The van der Waals surface area contributed by atoms with Gasteiger partial charge in [0, 0.05) is 11.2 Å². The van der Waals surface area contributed by atoms with Gasteiger partial charge in [0.05, 0.1) is 30.2 Å². The molecule has 0 unspecified atom stereocenters. The zero-order chi connectivity index (χ0) is 16.5. The van der Waals surface area contributed by atoms with Crippen molar-refractivity contribution in [1.29, 1.82) is 0 Å². The molecule has 1 aliphatic heterocycles. The van der Waals surface area contributed by atoms with Crippen LogP contribution < -0.4 is 0 Å². The summed E-state index contributed by atoms with van der Waals surface area (Å²) in [5.41, 5.74) is 0. The monoisotopic (exact) mass is 343 g/mol. The van der Waals surface area contributed by atoms with E-state index in [9.17, 15) is 4.79 Å². The molecule has 1 aromatic carbocycles. The molecule has 2 aliphatic rings. The van der Waals surface area contributed by atoms with E-state index in [1.165, 1.54) is 0 Å². The normalized spacial score (nSPS) is 26.5. The van der Waals surface area contributed by atoms with Crippen LogP contribution in [0.5, 0.6) is 0 Å². The Balaban J connectivity index is 1.54. The standard InChI is InChI=1S/C19H21NO3S/c1-2-10-22-15-8-7-14-18(15)23-11-9-20(14)19(21)17-12-13-5-3-4-6-16(13)24-17/h2-6,12,14-15,18H,1,7-11H2/t14-,15-,18-/m0/s1. The highest BCUT2D eigenvalue weighted by molar-refractivity contribution is 7.20. The van der Waals surface area contributed by atoms with Crippen LogP contribution in [0, 0.1) is 0 Å². The summed E-state index contributed by atoms with van der Waals surface area (Å²) in [6.45, 7) is 5.46. The minimum atomic E-state index is -0.0166. The second kappa shape index (κ2) is 6.67. The third kappa shape index (κ3) is 2.77. The molecule has 0 radical (unpaired) electrons. The summed E-state index contributed by atoms with van der Waals surface area (Å²) < 4.78 is 12.9. The molecule has 4 nitrogen and oxygen atoms in total. The van der Waals surface area contributed by atoms with Crippen LogP contribution in [0.2, 0.25) is 0 Å². The Kier molecular flexibility index (Phi) is 4.39. The molecule has 0 bridgehead atoms. The van der Waals surface area contributed by atoms with Gasteiger partial charge in [0.15, 0.2) is 0 Å². The predicted molar refractivity (Wildman–Crippen MR) is 95.6 cm³/mol. The number of carbonyl (C=O) groups excluding carboxylic acids is 1. The lowest BCUT2D eigenvalue weighted by Crippen LogP contribution is -2.53. The van der Waals surface area contributed by atoms with Crippen LogP contribution in [-0.2, 0) is 9.47 Å². The van der Waals surface area contributed by atoms with E-state index in [0.717, 1.165) is 27.8 Å². The Labute approximate surface area is 145 Å². The van der Waals surface area contributed by atoms with Gasteiger partial charge in [0.1, 0.15) is 6.10 Å². The molecule has 3 atom stereocenters. The largest absolute Gasteiger partial charge is 0.372 e. The molecule has 5 heteroatoms. The molecule has 126 valence electrons. The average molecular weight is 343 g/mol. The number of benzene rings is 1. The number of amides is 1. The zero-order valence-electron chi connectivity index (χ0n) is 13.5. The van der Waals surface area contributed by atoms with E-state index in [4.69, 9.17) is 9.47 Å². The summed E-state index contributed by atoms with van der Waals surface area (Å²) in [6.07, 6.45) is 3.67. The summed E-state index contributed by atoms with van der Waals surface area (Å²) in [4.78, 5) is 15.9. The van der Waals surface area contributed by atoms with Crippen molar-refractivity contribution < 1.29 is 14.3 Å². The van der Waals surface area contributed by atoms with Crippen molar-refractivity contribution in [2.45, 2.75) is 31.1 Å². The summed E-state index contributed by atoms with van der Waals surface area (Å²) in [5, 5.41) is 1.13. The first-order chi connectivity index (χ1) is 11.8. The molecule has 1 saturated heterocycles. The zero-order valence-corrected chi connectivity index (χ0v) is 14.3. The van der Waals surface area contributed by atoms with Gasteiger partial charge in [-0.1, -0.05) is 24.3 Å². The fourth-order valence-electron chi connectivity index (χ4n) is 3.77. The minimum Gasteiger partial charge on any atom is -0.372 e. The summed E-state index contributed by atoms with van der Waals surface area (Å²) >= 11 is 1.57. The fraction of sp³-hybridized carbons (Fsp3) is 0.421. The number of hydrogen-bond donors (Lipinski definition) is 0. The molecule has 2 fully saturated rings. The number of carbonyl (C=O) groups is 1. The lowest BCUT2D eigenvalue weighted by atomic mass is 10.1. The van der Waals surface area contributed by atoms with Gasteiger partial charge in [-0.3, -0.25) is 4.79 Å². The number of hydrogen-bond acceptors (Lipinski definition) is 4. The molecule has 1 aromatic heterocycles. The Morgan fingerprint density at radius 1 is 1.42 bits per heavy atom. The third-order valence-electron chi connectivity index (χ3n) is 4.86. The first-order valence-corrected chi connectivity index (χ1v) is 9.23. The van der Waals surface area contributed by atoms with Crippen LogP contribution in [0.4, 0.5) is 0 Å². The second-order valence-electron chi connectivity index (χ2n) is 6.29. The molecule has 2 aromatic rings. The average Bonchev–Trinajstić information content (AvgIpc) is 3.23. The Hall–Kier alpha value is -1.69. The molecule has 0 N–H and O–H groups in total. The fourth-order valence-corrected chi connectivity index (χ4v) is 4.79. The van der Waals surface area contributed by atoms with Crippen molar-refractivity contribution in [3.05, 3.63) is 47.9 Å². The van der Waals surface area contributed by atoms with Crippen LogP contribution in [0.25, 0.3) is 10.1 Å². The van der Waals surface area contributed by atoms with Gasteiger partial charge < -0.3 is 14.4 Å². The van der Waals surface area contributed by atoms with Gasteiger partial charge in [0.25, 0.3) is 5.91 Å². The number of thiophene rings is 1. The number of morpholine rings is 1. The van der Waals surface area contributed by atoms with Crippen LogP contribution in [-0.4, -0.2) is 48.8 Å². The van der Waals surface area contributed by atoms with E-state index in [1.54, 1.807) is 17.4 Å². The highest BCUT2D eigenvalue weighted by atomic mass is 32.1. The molecule has 2 heterocycles. The number of fused-ring (bicyclic) bond motifs is 2. The molecule has 4 rings (SSSR count). The summed E-state index contributed by atoms with van der Waals surface area (Å²) in [6, 6.07) is 10.3. The maximum atomic E-state index is 13.1. The van der Waals surface area contributed by atoms with E-state index in [0.29, 0.717) is 19.8 Å². The smallest absolute Gasteiger partial charge is 0.264 e. The van der Waals surface area contributed by atoms with Crippen LogP contribution >= 0.6 is 11.3 Å². The van der Waals surface area contributed by atoms with Gasteiger partial charge in [-0.25, -0.2) is 0 Å². The van der Waals surface area contributed by atoms with E-state index in [2.05, 4.69) is 18.7 Å². The van der Waals surface area contributed by atoms with E-state index in [1.807, 2.05) is 23.1 Å². The van der Waals surface area contributed by atoms with Crippen LogP contribution in [0.3, 0.4) is 0 Å². The summed E-state index contributed by atoms with van der Waals surface area (Å²) in [5.74, 6) is 0.124. The summed E-state index contributed by atoms with van der Waals surface area (Å²) in [7, 11) is 0. The van der Waals surface area contributed by atoms with Crippen molar-refractivity contribution in [2.75, 3.05) is 19.8 Å². The maximum absolute atomic E-state index is 13.1. The maximum Gasteiger partial charge on any atom is 0.264 e. The molecule has 0 spiro atoms. The first kappa shape index (κ1) is 15.8. The quantitative estimate of drug-likeness (QED) is 0.798.